The molecule has 0 unspecified atom stereocenters. The lowest BCUT2D eigenvalue weighted by Crippen LogP contribution is -2.43. The summed E-state index contributed by atoms with van der Waals surface area (Å²) in [5.74, 6) is 0.351. The number of esters is 1. The third-order valence-electron chi connectivity index (χ3n) is 3.81. The average Bonchev–Trinajstić information content (AvgIpc) is 3.20. The summed E-state index contributed by atoms with van der Waals surface area (Å²) in [4.78, 5) is 37.5. The number of furan rings is 1. The zero-order chi connectivity index (χ0) is 18.4. The van der Waals surface area contributed by atoms with Gasteiger partial charge in [0.05, 0.1) is 6.26 Å². The molecule has 8 heteroatoms. The second-order valence-electron chi connectivity index (χ2n) is 6.28. The molecule has 2 atom stereocenters. The number of hydrogen-bond acceptors (Lipinski definition) is 6. The number of carbonyl (C=O) groups is 3. The Morgan fingerprint density at radius 3 is 2.80 bits per heavy atom. The number of amides is 2. The maximum atomic E-state index is 12.3. The molecule has 0 saturated carbocycles. The van der Waals surface area contributed by atoms with Crippen molar-refractivity contribution in [2.24, 2.45) is 5.92 Å². The van der Waals surface area contributed by atoms with E-state index in [9.17, 15) is 14.4 Å². The molecule has 1 aliphatic heterocycles. The fraction of sp³-hybridized carbons (Fsp3) is 0.588. The van der Waals surface area contributed by atoms with Crippen molar-refractivity contribution in [3.05, 3.63) is 24.2 Å². The van der Waals surface area contributed by atoms with E-state index in [1.54, 1.807) is 12.1 Å². The van der Waals surface area contributed by atoms with Gasteiger partial charge < -0.3 is 19.4 Å². The predicted octanol–water partition coefficient (Wildman–Crippen LogP) is 1.95. The third-order valence-corrected chi connectivity index (χ3v) is 5.10. The van der Waals surface area contributed by atoms with E-state index in [2.05, 4.69) is 19.2 Å². The van der Waals surface area contributed by atoms with Crippen LogP contribution in [0.1, 0.15) is 38.3 Å². The van der Waals surface area contributed by atoms with Crippen LogP contribution in [0.2, 0.25) is 0 Å². The Labute approximate surface area is 151 Å². The molecule has 0 aromatic carbocycles. The normalized spacial score (nSPS) is 19.9. The summed E-state index contributed by atoms with van der Waals surface area (Å²) in [6.07, 6.45) is 2.39. The van der Waals surface area contributed by atoms with Gasteiger partial charge in [-0.25, -0.2) is 4.79 Å². The van der Waals surface area contributed by atoms with E-state index in [4.69, 9.17) is 9.15 Å². The summed E-state index contributed by atoms with van der Waals surface area (Å²) >= 11 is 1.43. The zero-order valence-corrected chi connectivity index (χ0v) is 15.5. The van der Waals surface area contributed by atoms with Gasteiger partial charge in [-0.15, -0.1) is 11.8 Å². The summed E-state index contributed by atoms with van der Waals surface area (Å²) in [6, 6.07) is 2.78. The highest BCUT2D eigenvalue weighted by Crippen LogP contribution is 2.41. The number of rotatable bonds is 7. The topological polar surface area (TPSA) is 88.8 Å². The highest BCUT2D eigenvalue weighted by Gasteiger charge is 2.43. The van der Waals surface area contributed by atoms with Crippen LogP contribution in [-0.2, 0) is 19.1 Å². The van der Waals surface area contributed by atoms with Crippen LogP contribution in [0.5, 0.6) is 0 Å². The Morgan fingerprint density at radius 2 is 2.20 bits per heavy atom. The standard InChI is InChI=1S/C17H24N2O5S/c1-11(2)6-7-18-15(21)9-24-17(22)13-10-25-16(19(13)12(3)20)14-5-4-8-23-14/h4-5,8,11,13,16H,6-7,9-10H2,1-3H3,(H,18,21)/t13-,16+/m0/s1. The van der Waals surface area contributed by atoms with Gasteiger partial charge in [-0.3, -0.25) is 9.59 Å². The lowest BCUT2D eigenvalue weighted by Gasteiger charge is -2.25. The van der Waals surface area contributed by atoms with E-state index in [0.717, 1.165) is 6.42 Å². The fourth-order valence-electron chi connectivity index (χ4n) is 2.51. The average molecular weight is 368 g/mol. The second-order valence-corrected chi connectivity index (χ2v) is 7.40. The predicted molar refractivity (Wildman–Crippen MR) is 93.6 cm³/mol. The van der Waals surface area contributed by atoms with Crippen LogP contribution in [-0.4, -0.2) is 47.6 Å². The minimum atomic E-state index is -0.721. The largest absolute Gasteiger partial charge is 0.466 e. The van der Waals surface area contributed by atoms with Crippen LogP contribution in [0.15, 0.2) is 22.8 Å². The quantitative estimate of drug-likeness (QED) is 0.740. The maximum absolute atomic E-state index is 12.3. The molecule has 25 heavy (non-hydrogen) atoms. The maximum Gasteiger partial charge on any atom is 0.330 e. The molecule has 0 bridgehead atoms. The van der Waals surface area contributed by atoms with E-state index in [1.807, 2.05) is 0 Å². The van der Waals surface area contributed by atoms with Crippen molar-refractivity contribution >= 4 is 29.5 Å². The number of carbonyl (C=O) groups excluding carboxylic acids is 3. The molecule has 2 amide bonds. The first-order chi connectivity index (χ1) is 11.9. The van der Waals surface area contributed by atoms with Crippen LogP contribution in [0, 0.1) is 5.92 Å². The first kappa shape index (κ1) is 19.4. The van der Waals surface area contributed by atoms with E-state index in [0.29, 0.717) is 24.0 Å². The smallest absolute Gasteiger partial charge is 0.330 e. The molecule has 7 nitrogen and oxygen atoms in total. The van der Waals surface area contributed by atoms with Gasteiger partial charge in [0, 0.05) is 19.2 Å². The molecular formula is C17H24N2O5S. The van der Waals surface area contributed by atoms with Crippen LogP contribution in [0.4, 0.5) is 0 Å². The molecule has 1 aliphatic rings. The summed E-state index contributed by atoms with van der Waals surface area (Å²) in [7, 11) is 0. The molecule has 0 spiro atoms. The molecule has 2 heterocycles. The van der Waals surface area contributed by atoms with Crippen LogP contribution in [0.3, 0.4) is 0 Å². The summed E-state index contributed by atoms with van der Waals surface area (Å²) in [5, 5.41) is 2.35. The highest BCUT2D eigenvalue weighted by molar-refractivity contribution is 7.99. The Morgan fingerprint density at radius 1 is 1.44 bits per heavy atom. The molecule has 1 N–H and O–H groups in total. The first-order valence-electron chi connectivity index (χ1n) is 8.27. The van der Waals surface area contributed by atoms with Gasteiger partial charge in [-0.1, -0.05) is 13.8 Å². The number of nitrogens with zero attached hydrogens (tertiary/aromatic N) is 1. The monoisotopic (exact) mass is 368 g/mol. The number of nitrogens with one attached hydrogen (secondary N) is 1. The molecule has 0 aliphatic carbocycles. The van der Waals surface area contributed by atoms with Crippen molar-refractivity contribution in [2.75, 3.05) is 18.9 Å². The number of hydrogen-bond donors (Lipinski definition) is 1. The van der Waals surface area contributed by atoms with Gasteiger partial charge in [0.2, 0.25) is 5.91 Å². The molecule has 138 valence electrons. The van der Waals surface area contributed by atoms with Gasteiger partial charge in [0.25, 0.3) is 5.91 Å². The van der Waals surface area contributed by atoms with Gasteiger partial charge in [-0.05, 0) is 24.5 Å². The SMILES string of the molecule is CC(=O)N1[C@@H](c2ccco2)SC[C@H]1C(=O)OCC(=O)NCCC(C)C. The third kappa shape index (κ3) is 5.26. The molecule has 1 fully saturated rings. The fourth-order valence-corrected chi connectivity index (χ4v) is 3.92. The molecule has 2 rings (SSSR count). The van der Waals surface area contributed by atoms with Gasteiger partial charge in [-0.2, -0.15) is 0 Å². The lowest BCUT2D eigenvalue weighted by atomic mass is 10.1. The molecule has 1 aromatic heterocycles. The minimum Gasteiger partial charge on any atom is -0.466 e. The molecular weight excluding hydrogens is 344 g/mol. The van der Waals surface area contributed by atoms with E-state index in [1.165, 1.54) is 29.8 Å². The second kappa shape index (κ2) is 8.94. The van der Waals surface area contributed by atoms with Crippen molar-refractivity contribution < 1.29 is 23.5 Å². The van der Waals surface area contributed by atoms with Crippen LogP contribution in [0.25, 0.3) is 0 Å². The minimum absolute atomic E-state index is 0.241. The Kier molecular flexibility index (Phi) is 6.92. The van der Waals surface area contributed by atoms with Crippen molar-refractivity contribution in [3.8, 4) is 0 Å². The summed E-state index contributed by atoms with van der Waals surface area (Å²) in [6.45, 7) is 5.74. The lowest BCUT2D eigenvalue weighted by molar-refractivity contribution is -0.156. The molecule has 0 radical (unpaired) electrons. The van der Waals surface area contributed by atoms with Crippen molar-refractivity contribution in [2.45, 2.75) is 38.6 Å². The Bertz CT molecular complexity index is 602. The van der Waals surface area contributed by atoms with E-state index < -0.39 is 12.0 Å². The van der Waals surface area contributed by atoms with Crippen molar-refractivity contribution in [1.29, 1.82) is 0 Å². The summed E-state index contributed by atoms with van der Waals surface area (Å²) < 4.78 is 10.5. The molecule has 1 aromatic rings. The van der Waals surface area contributed by atoms with Crippen LogP contribution >= 0.6 is 11.8 Å². The summed E-state index contributed by atoms with van der Waals surface area (Å²) in [5.41, 5.74) is 0. The highest BCUT2D eigenvalue weighted by atomic mass is 32.2. The van der Waals surface area contributed by atoms with Crippen LogP contribution < -0.4 is 5.32 Å². The Hall–Kier alpha value is -1.96. The van der Waals surface area contributed by atoms with Crippen molar-refractivity contribution in [1.82, 2.24) is 10.2 Å². The van der Waals surface area contributed by atoms with Gasteiger partial charge >= 0.3 is 5.97 Å². The van der Waals surface area contributed by atoms with E-state index in [-0.39, 0.29) is 23.8 Å². The molecule has 1 saturated heterocycles. The first-order valence-corrected chi connectivity index (χ1v) is 9.32. The number of ether oxygens (including phenoxy) is 1. The van der Waals surface area contributed by atoms with Crippen molar-refractivity contribution in [3.63, 3.8) is 0 Å². The zero-order valence-electron chi connectivity index (χ0n) is 14.7. The van der Waals surface area contributed by atoms with E-state index >= 15 is 0 Å². The number of thioether (sulfide) groups is 1. The van der Waals surface area contributed by atoms with Gasteiger partial charge in [0.1, 0.15) is 17.2 Å². The Balaban J connectivity index is 1.88. The van der Waals surface area contributed by atoms with Gasteiger partial charge in [0.15, 0.2) is 6.61 Å².